The minimum atomic E-state index is -0.234. The number of rotatable bonds is 2. The number of fused-ring (bicyclic) bond motifs is 4. The molecule has 0 spiro atoms. The van der Waals surface area contributed by atoms with Crippen LogP contribution in [0.15, 0.2) is 24.3 Å². The Bertz CT molecular complexity index is 638. The number of benzene rings is 1. The lowest BCUT2D eigenvalue weighted by molar-refractivity contribution is -0.135. The number of carbonyl (C=O) groups excluding carboxylic acids is 2. The molecule has 3 aliphatic rings. The highest BCUT2D eigenvalue weighted by molar-refractivity contribution is 5.83. The third kappa shape index (κ3) is 2.80. The maximum Gasteiger partial charge on any atom is 0.236 e. The van der Waals surface area contributed by atoms with Crippen molar-refractivity contribution < 1.29 is 14.3 Å². The summed E-state index contributed by atoms with van der Waals surface area (Å²) in [5.41, 5.74) is 2.61. The first-order chi connectivity index (χ1) is 11.6. The van der Waals surface area contributed by atoms with Crippen LogP contribution < -0.4 is 0 Å². The summed E-state index contributed by atoms with van der Waals surface area (Å²) in [6.07, 6.45) is 0. The Kier molecular flexibility index (Phi) is 4.02. The van der Waals surface area contributed by atoms with Crippen LogP contribution in [0.5, 0.6) is 0 Å². The van der Waals surface area contributed by atoms with E-state index in [0.717, 1.165) is 13.1 Å². The summed E-state index contributed by atoms with van der Waals surface area (Å²) in [4.78, 5) is 31.0. The van der Waals surface area contributed by atoms with Crippen molar-refractivity contribution in [3.63, 3.8) is 0 Å². The van der Waals surface area contributed by atoms with E-state index in [0.29, 0.717) is 32.8 Å². The first kappa shape index (κ1) is 15.6. The maximum atomic E-state index is 12.8. The second kappa shape index (κ2) is 6.18. The van der Waals surface area contributed by atoms with E-state index in [-0.39, 0.29) is 23.8 Å². The molecule has 1 aromatic carbocycles. The molecule has 2 bridgehead atoms. The molecule has 128 valence electrons. The second-order valence-corrected chi connectivity index (χ2v) is 7.05. The fourth-order valence-electron chi connectivity index (χ4n) is 3.91. The number of carbonyl (C=O) groups is 2. The molecule has 4 rings (SSSR count). The molecule has 0 radical (unpaired) electrons. The highest BCUT2D eigenvalue weighted by Crippen LogP contribution is 2.23. The molecule has 6 heteroatoms. The van der Waals surface area contributed by atoms with Crippen molar-refractivity contribution in [2.45, 2.75) is 19.1 Å². The molecule has 1 aromatic rings. The van der Waals surface area contributed by atoms with Crippen molar-refractivity contribution in [3.05, 3.63) is 35.4 Å². The van der Waals surface area contributed by atoms with Crippen LogP contribution in [-0.2, 0) is 27.4 Å². The lowest BCUT2D eigenvalue weighted by atomic mass is 10.1. The average molecular weight is 329 g/mol. The molecule has 3 heterocycles. The topological polar surface area (TPSA) is 53.1 Å². The summed E-state index contributed by atoms with van der Waals surface area (Å²) in [6, 6.07) is 8.30. The Hall–Kier alpha value is -1.92. The lowest BCUT2D eigenvalue weighted by Crippen LogP contribution is -2.47. The molecule has 2 saturated heterocycles. The van der Waals surface area contributed by atoms with Gasteiger partial charge in [-0.25, -0.2) is 0 Å². The first-order valence-corrected chi connectivity index (χ1v) is 8.53. The van der Waals surface area contributed by atoms with Crippen molar-refractivity contribution >= 4 is 11.8 Å². The molecule has 0 N–H and O–H groups in total. The van der Waals surface area contributed by atoms with E-state index >= 15 is 0 Å². The second-order valence-electron chi connectivity index (χ2n) is 7.05. The average Bonchev–Trinajstić information content (AvgIpc) is 2.85. The van der Waals surface area contributed by atoms with Crippen molar-refractivity contribution in [1.82, 2.24) is 14.7 Å². The van der Waals surface area contributed by atoms with E-state index in [1.165, 1.54) is 11.1 Å². The van der Waals surface area contributed by atoms with Crippen molar-refractivity contribution in [1.29, 1.82) is 0 Å². The Morgan fingerprint density at radius 1 is 1.17 bits per heavy atom. The zero-order valence-corrected chi connectivity index (χ0v) is 14.0. The Morgan fingerprint density at radius 2 is 1.88 bits per heavy atom. The monoisotopic (exact) mass is 329 g/mol. The summed E-state index contributed by atoms with van der Waals surface area (Å²) >= 11 is 0. The first-order valence-electron chi connectivity index (χ1n) is 8.53. The van der Waals surface area contributed by atoms with Crippen LogP contribution in [0.2, 0.25) is 0 Å². The predicted molar refractivity (Wildman–Crippen MR) is 88.0 cm³/mol. The molecule has 2 atom stereocenters. The van der Waals surface area contributed by atoms with Gasteiger partial charge in [0.25, 0.3) is 0 Å². The SMILES string of the molecule is CN1C(=O)[C@H]2COC[C@@H]1CN(C(=O)CN1Cc3ccccc3C1)C2. The van der Waals surface area contributed by atoms with E-state index in [9.17, 15) is 9.59 Å². The summed E-state index contributed by atoms with van der Waals surface area (Å²) < 4.78 is 5.60. The van der Waals surface area contributed by atoms with Gasteiger partial charge in [0, 0.05) is 33.2 Å². The fraction of sp³-hybridized carbons (Fsp3) is 0.556. The Morgan fingerprint density at radius 3 is 2.58 bits per heavy atom. The molecule has 0 saturated carbocycles. The van der Waals surface area contributed by atoms with Crippen LogP contribution in [-0.4, -0.2) is 72.5 Å². The summed E-state index contributed by atoms with van der Waals surface area (Å²) in [5, 5.41) is 0. The van der Waals surface area contributed by atoms with Gasteiger partial charge in [-0.3, -0.25) is 14.5 Å². The fourth-order valence-corrected chi connectivity index (χ4v) is 3.91. The van der Waals surface area contributed by atoms with Gasteiger partial charge in [0.15, 0.2) is 0 Å². The highest BCUT2D eigenvalue weighted by Gasteiger charge is 2.39. The summed E-state index contributed by atoms with van der Waals surface area (Å²) in [7, 11) is 1.82. The van der Waals surface area contributed by atoms with Crippen LogP contribution in [0.1, 0.15) is 11.1 Å². The van der Waals surface area contributed by atoms with E-state index < -0.39 is 0 Å². The van der Waals surface area contributed by atoms with E-state index in [1.807, 2.05) is 24.1 Å². The van der Waals surface area contributed by atoms with Gasteiger partial charge in [-0.15, -0.1) is 0 Å². The molecule has 3 aliphatic heterocycles. The van der Waals surface area contributed by atoms with Gasteiger partial charge >= 0.3 is 0 Å². The number of amides is 2. The molecule has 0 aromatic heterocycles. The number of likely N-dealkylation sites (N-methyl/N-ethyl adjacent to an activating group) is 1. The third-order valence-corrected chi connectivity index (χ3v) is 5.36. The lowest BCUT2D eigenvalue weighted by Gasteiger charge is -2.30. The van der Waals surface area contributed by atoms with Crippen molar-refractivity contribution in [2.24, 2.45) is 5.92 Å². The third-order valence-electron chi connectivity index (χ3n) is 5.36. The highest BCUT2D eigenvalue weighted by atomic mass is 16.5. The number of hydrogen-bond donors (Lipinski definition) is 0. The normalized spacial score (nSPS) is 27.1. The zero-order valence-electron chi connectivity index (χ0n) is 14.0. The predicted octanol–water partition coefficient (Wildman–Crippen LogP) is 0.318. The molecule has 6 nitrogen and oxygen atoms in total. The zero-order chi connectivity index (χ0) is 16.7. The minimum Gasteiger partial charge on any atom is -0.378 e. The molecular weight excluding hydrogens is 306 g/mol. The minimum absolute atomic E-state index is 0.0373. The van der Waals surface area contributed by atoms with Crippen LogP contribution in [0.25, 0.3) is 0 Å². The molecule has 0 unspecified atom stereocenters. The van der Waals surface area contributed by atoms with Crippen molar-refractivity contribution in [2.75, 3.05) is 39.9 Å². The quantitative estimate of drug-likeness (QED) is 0.784. The molecule has 2 amide bonds. The van der Waals surface area contributed by atoms with Crippen LogP contribution in [0, 0.1) is 5.92 Å². The largest absolute Gasteiger partial charge is 0.378 e. The number of hydrogen-bond acceptors (Lipinski definition) is 4. The standard InChI is InChI=1S/C18H23N3O3/c1-19-16-9-21(8-15(18(19)23)11-24-12-16)17(22)10-20-6-13-4-2-3-5-14(13)7-20/h2-5,15-16H,6-12H2,1H3/t15-,16+/m1/s1. The molecule has 0 aliphatic carbocycles. The number of nitrogens with zero attached hydrogens (tertiary/aromatic N) is 3. The Labute approximate surface area is 142 Å². The summed E-state index contributed by atoms with van der Waals surface area (Å²) in [6.45, 7) is 4.02. The van der Waals surface area contributed by atoms with E-state index in [4.69, 9.17) is 4.74 Å². The molecule has 2 fully saturated rings. The van der Waals surface area contributed by atoms with Crippen LogP contribution in [0.3, 0.4) is 0 Å². The van der Waals surface area contributed by atoms with Gasteiger partial charge in [0.1, 0.15) is 0 Å². The maximum absolute atomic E-state index is 12.8. The molecule has 24 heavy (non-hydrogen) atoms. The smallest absolute Gasteiger partial charge is 0.236 e. The van der Waals surface area contributed by atoms with Crippen molar-refractivity contribution in [3.8, 4) is 0 Å². The van der Waals surface area contributed by atoms with E-state index in [1.54, 1.807) is 4.90 Å². The summed E-state index contributed by atoms with van der Waals surface area (Å²) in [5.74, 6) is -0.0218. The van der Waals surface area contributed by atoms with Gasteiger partial charge in [-0.05, 0) is 11.1 Å². The van der Waals surface area contributed by atoms with E-state index in [2.05, 4.69) is 17.0 Å². The van der Waals surface area contributed by atoms with Gasteiger partial charge in [0.05, 0.1) is 31.7 Å². The van der Waals surface area contributed by atoms with Gasteiger partial charge in [-0.2, -0.15) is 0 Å². The van der Waals surface area contributed by atoms with Crippen LogP contribution in [0.4, 0.5) is 0 Å². The van der Waals surface area contributed by atoms with Gasteiger partial charge < -0.3 is 14.5 Å². The number of ether oxygens (including phenoxy) is 1. The van der Waals surface area contributed by atoms with Gasteiger partial charge in [0.2, 0.25) is 11.8 Å². The Balaban J connectivity index is 1.43. The molecular formula is C18H23N3O3. The van der Waals surface area contributed by atoms with Crippen LogP contribution >= 0.6 is 0 Å². The van der Waals surface area contributed by atoms with Gasteiger partial charge in [-0.1, -0.05) is 24.3 Å².